The van der Waals surface area contributed by atoms with Crippen molar-refractivity contribution in [3.05, 3.63) is 53.6 Å². The van der Waals surface area contributed by atoms with E-state index in [1.807, 2.05) is 0 Å². The Hall–Kier alpha value is -2.33. The maximum atomic E-state index is 13.5. The molecular weight excluding hydrogens is 492 g/mol. The molecule has 1 amide bonds. The number of sulfonamides is 1. The molecule has 8 nitrogen and oxygen atoms in total. The first-order valence-corrected chi connectivity index (χ1v) is 13.5. The van der Waals surface area contributed by atoms with Crippen LogP contribution in [0.3, 0.4) is 0 Å². The first-order chi connectivity index (χ1) is 16.8. The monoisotopic (exact) mass is 522 g/mol. The summed E-state index contributed by atoms with van der Waals surface area (Å²) in [6.45, 7) is 2.89. The number of hydrogen-bond donors (Lipinski definition) is 0. The minimum atomic E-state index is -3.78. The smallest absolute Gasteiger partial charge is 0.243 e. The highest BCUT2D eigenvalue weighted by Crippen LogP contribution is 2.38. The van der Waals surface area contributed by atoms with Crippen LogP contribution in [0.2, 0.25) is 5.02 Å². The molecule has 2 fully saturated rings. The predicted octanol–water partition coefficient (Wildman–Crippen LogP) is 3.45. The van der Waals surface area contributed by atoms with Crippen LogP contribution in [0.25, 0.3) is 0 Å². The van der Waals surface area contributed by atoms with Crippen LogP contribution in [0.1, 0.15) is 19.3 Å². The zero-order chi connectivity index (χ0) is 24.9. The Kier molecular flexibility index (Phi) is 8.21. The number of halogens is 1. The Morgan fingerprint density at radius 3 is 2.54 bits per heavy atom. The number of ether oxygens (including phenoxy) is 3. The number of hydrogen-bond acceptors (Lipinski definition) is 6. The van der Waals surface area contributed by atoms with E-state index in [1.165, 1.54) is 17.5 Å². The molecule has 2 aliphatic rings. The van der Waals surface area contributed by atoms with E-state index < -0.39 is 15.4 Å². The van der Waals surface area contributed by atoms with Crippen molar-refractivity contribution in [1.29, 1.82) is 0 Å². The molecule has 2 saturated heterocycles. The molecule has 0 saturated carbocycles. The maximum absolute atomic E-state index is 13.5. The minimum Gasteiger partial charge on any atom is -0.497 e. The van der Waals surface area contributed by atoms with Crippen LogP contribution < -0.4 is 9.47 Å². The molecule has 10 heteroatoms. The zero-order valence-corrected chi connectivity index (χ0v) is 21.4. The van der Waals surface area contributed by atoms with Crippen LogP contribution in [0, 0.1) is 5.41 Å². The van der Waals surface area contributed by atoms with Gasteiger partial charge in [0.25, 0.3) is 0 Å². The molecule has 2 heterocycles. The van der Waals surface area contributed by atoms with Crippen LogP contribution in [-0.4, -0.2) is 76.6 Å². The molecule has 1 atom stereocenters. The molecule has 0 spiro atoms. The second-order valence-corrected chi connectivity index (χ2v) is 11.4. The lowest BCUT2D eigenvalue weighted by Gasteiger charge is -2.42. The highest BCUT2D eigenvalue weighted by atomic mass is 35.5. The van der Waals surface area contributed by atoms with Crippen LogP contribution in [0.15, 0.2) is 53.4 Å². The fraction of sp³-hybridized carbons (Fsp3) is 0.480. The van der Waals surface area contributed by atoms with Gasteiger partial charge in [0, 0.05) is 49.1 Å². The molecule has 0 aromatic heterocycles. The second kappa shape index (κ2) is 11.2. The Balaban J connectivity index is 1.58. The molecule has 0 unspecified atom stereocenters. The van der Waals surface area contributed by atoms with Crippen molar-refractivity contribution in [3.8, 4) is 11.5 Å². The van der Waals surface area contributed by atoms with E-state index in [-0.39, 0.29) is 30.4 Å². The number of rotatable bonds is 8. The Bertz CT molecular complexity index is 1120. The van der Waals surface area contributed by atoms with E-state index >= 15 is 0 Å². The molecular formula is C25H31ClN2O6S. The molecule has 190 valence electrons. The van der Waals surface area contributed by atoms with Crippen molar-refractivity contribution < 1.29 is 27.4 Å². The largest absolute Gasteiger partial charge is 0.497 e. The number of morpholine rings is 1. The predicted molar refractivity (Wildman–Crippen MR) is 132 cm³/mol. The van der Waals surface area contributed by atoms with Gasteiger partial charge in [-0.25, -0.2) is 8.42 Å². The van der Waals surface area contributed by atoms with E-state index in [9.17, 15) is 13.2 Å². The van der Waals surface area contributed by atoms with Crippen LogP contribution in [0.4, 0.5) is 0 Å². The van der Waals surface area contributed by atoms with E-state index in [2.05, 4.69) is 0 Å². The van der Waals surface area contributed by atoms with E-state index in [0.717, 1.165) is 0 Å². The maximum Gasteiger partial charge on any atom is 0.243 e. The summed E-state index contributed by atoms with van der Waals surface area (Å²) in [4.78, 5) is 15.2. The third kappa shape index (κ3) is 6.27. The average molecular weight is 523 g/mol. The number of carbonyl (C=O) groups excluding carboxylic acids is 1. The second-order valence-electron chi connectivity index (χ2n) is 9.03. The third-order valence-electron chi connectivity index (χ3n) is 6.55. The fourth-order valence-electron chi connectivity index (χ4n) is 4.60. The Morgan fingerprint density at radius 1 is 1.09 bits per heavy atom. The molecule has 2 aliphatic heterocycles. The number of nitrogens with zero attached hydrogens (tertiary/aromatic N) is 2. The van der Waals surface area contributed by atoms with Gasteiger partial charge in [0.1, 0.15) is 11.5 Å². The summed E-state index contributed by atoms with van der Waals surface area (Å²) in [5, 5.41) is 0.600. The molecule has 0 aliphatic carbocycles. The van der Waals surface area contributed by atoms with Gasteiger partial charge in [0.2, 0.25) is 15.9 Å². The molecule has 0 bridgehead atoms. The summed E-state index contributed by atoms with van der Waals surface area (Å²) >= 11 is 5.99. The summed E-state index contributed by atoms with van der Waals surface area (Å²) in [6.07, 6.45) is 1.51. The Morgan fingerprint density at radius 2 is 1.83 bits per heavy atom. The quantitative estimate of drug-likeness (QED) is 0.528. The lowest BCUT2D eigenvalue weighted by atomic mass is 9.78. The lowest BCUT2D eigenvalue weighted by molar-refractivity contribution is -0.139. The summed E-state index contributed by atoms with van der Waals surface area (Å²) in [6, 6.07) is 13.5. The highest BCUT2D eigenvalue weighted by molar-refractivity contribution is 7.89. The minimum absolute atomic E-state index is 0.00589. The van der Waals surface area contributed by atoms with Crippen molar-refractivity contribution in [1.82, 2.24) is 9.21 Å². The lowest BCUT2D eigenvalue weighted by Crippen LogP contribution is -2.51. The van der Waals surface area contributed by atoms with Gasteiger partial charge in [-0.05, 0) is 49.2 Å². The van der Waals surface area contributed by atoms with Crippen molar-refractivity contribution in [3.63, 3.8) is 0 Å². The van der Waals surface area contributed by atoms with Crippen LogP contribution in [0.5, 0.6) is 11.5 Å². The SMILES string of the molecule is COc1cccc(S(=O)(=O)N2CCC[C@@](COc3ccc(Cl)cc3)(CC(=O)N3CCOCC3)C2)c1. The topological polar surface area (TPSA) is 85.4 Å². The molecule has 2 aromatic rings. The number of benzene rings is 2. The fourth-order valence-corrected chi connectivity index (χ4v) is 6.36. The van der Waals surface area contributed by atoms with Crippen LogP contribution in [-0.2, 0) is 19.6 Å². The van der Waals surface area contributed by atoms with E-state index in [0.29, 0.717) is 62.2 Å². The van der Waals surface area contributed by atoms with Gasteiger partial charge in [-0.3, -0.25) is 4.79 Å². The Labute approximate surface area is 211 Å². The van der Waals surface area contributed by atoms with E-state index in [1.54, 1.807) is 47.4 Å². The number of methoxy groups -OCH3 is 1. The number of piperidine rings is 1. The summed E-state index contributed by atoms with van der Waals surface area (Å²) in [5.41, 5.74) is -0.667. The molecule has 4 rings (SSSR count). The van der Waals surface area contributed by atoms with Gasteiger partial charge in [0.15, 0.2) is 0 Å². The first kappa shape index (κ1) is 25.8. The molecule has 0 N–H and O–H groups in total. The van der Waals surface area contributed by atoms with Crippen molar-refractivity contribution in [2.24, 2.45) is 5.41 Å². The number of amides is 1. The first-order valence-electron chi connectivity index (χ1n) is 11.7. The van der Waals surface area contributed by atoms with E-state index in [4.69, 9.17) is 25.8 Å². The van der Waals surface area contributed by atoms with Gasteiger partial charge in [-0.15, -0.1) is 0 Å². The third-order valence-corrected chi connectivity index (χ3v) is 8.65. The highest BCUT2D eigenvalue weighted by Gasteiger charge is 2.43. The summed E-state index contributed by atoms with van der Waals surface area (Å²) in [5.74, 6) is 1.09. The number of carbonyl (C=O) groups is 1. The molecule has 2 aromatic carbocycles. The van der Waals surface area contributed by atoms with Gasteiger partial charge < -0.3 is 19.1 Å². The van der Waals surface area contributed by atoms with Gasteiger partial charge >= 0.3 is 0 Å². The molecule has 35 heavy (non-hydrogen) atoms. The molecule has 0 radical (unpaired) electrons. The summed E-state index contributed by atoms with van der Waals surface area (Å²) < 4.78 is 45.3. The van der Waals surface area contributed by atoms with Crippen molar-refractivity contribution >= 4 is 27.5 Å². The van der Waals surface area contributed by atoms with Crippen LogP contribution >= 0.6 is 11.6 Å². The van der Waals surface area contributed by atoms with Gasteiger partial charge in [0.05, 0.1) is 31.8 Å². The summed E-state index contributed by atoms with van der Waals surface area (Å²) in [7, 11) is -2.28. The normalized spacial score (nSPS) is 21.5. The van der Waals surface area contributed by atoms with Gasteiger partial charge in [-0.2, -0.15) is 4.31 Å². The average Bonchev–Trinajstić information content (AvgIpc) is 2.89. The van der Waals surface area contributed by atoms with Crippen molar-refractivity contribution in [2.45, 2.75) is 24.2 Å². The zero-order valence-electron chi connectivity index (χ0n) is 19.8. The van der Waals surface area contributed by atoms with Crippen molar-refractivity contribution in [2.75, 3.05) is 53.1 Å². The van der Waals surface area contributed by atoms with Gasteiger partial charge in [-0.1, -0.05) is 17.7 Å². The standard InChI is InChI=1S/C25H31ClN2O6S/c1-32-22-4-2-5-23(16-22)35(30,31)28-11-3-10-25(18-28,17-24(29)27-12-14-33-15-13-27)19-34-21-8-6-20(26)7-9-21/h2,4-9,16H,3,10-15,17-19H2,1H3/t25-/m1/s1.